The first-order valence-electron chi connectivity index (χ1n) is 9.11. The topological polar surface area (TPSA) is 97.0 Å². The predicted octanol–water partition coefficient (Wildman–Crippen LogP) is 3.03. The summed E-state index contributed by atoms with van der Waals surface area (Å²) in [5.74, 6) is -1.10. The van der Waals surface area contributed by atoms with Crippen LogP contribution in [0.5, 0.6) is 0 Å². The van der Waals surface area contributed by atoms with E-state index < -0.39 is 18.5 Å². The van der Waals surface area contributed by atoms with E-state index in [9.17, 15) is 9.59 Å². The molecular weight excluding hydrogens is 368 g/mol. The van der Waals surface area contributed by atoms with Crippen LogP contribution in [0, 0.1) is 18.3 Å². The smallest absolute Gasteiger partial charge is 0.342 e. The number of nitriles is 1. The Bertz CT molecular complexity index is 1030. The van der Waals surface area contributed by atoms with E-state index in [1.165, 1.54) is 0 Å². The Kier molecular flexibility index (Phi) is 6.38. The van der Waals surface area contributed by atoms with Gasteiger partial charge in [-0.05, 0) is 19.1 Å². The van der Waals surface area contributed by atoms with Crippen molar-refractivity contribution in [3.05, 3.63) is 71.9 Å². The zero-order valence-corrected chi connectivity index (χ0v) is 16.0. The van der Waals surface area contributed by atoms with Gasteiger partial charge in [0.05, 0.1) is 18.2 Å². The average molecular weight is 388 g/mol. The molecule has 1 N–H and O–H groups in total. The third-order valence-electron chi connectivity index (χ3n) is 4.17. The third-order valence-corrected chi connectivity index (χ3v) is 4.17. The average Bonchev–Trinajstić information content (AvgIpc) is 3.19. The van der Waals surface area contributed by atoms with Crippen LogP contribution in [0.4, 0.5) is 0 Å². The number of hydrogen-bond donors (Lipinski definition) is 1. The number of nitrogens with one attached hydrogen (secondary N) is 1. The summed E-state index contributed by atoms with van der Waals surface area (Å²) in [6.45, 7) is 1.79. The number of benzene rings is 2. The number of aryl methyl sites for hydroxylation is 1. The number of carbonyl (C=O) groups is 2. The number of hydrogen-bond acceptors (Lipinski definition) is 5. The normalized spacial score (nSPS) is 10.2. The summed E-state index contributed by atoms with van der Waals surface area (Å²) in [5.41, 5.74) is 3.43. The van der Waals surface area contributed by atoms with E-state index in [-0.39, 0.29) is 18.5 Å². The summed E-state index contributed by atoms with van der Waals surface area (Å²) < 4.78 is 6.78. The van der Waals surface area contributed by atoms with Gasteiger partial charge in [0.1, 0.15) is 11.3 Å². The first-order chi connectivity index (χ1) is 14.1. The van der Waals surface area contributed by atoms with E-state index in [1.54, 1.807) is 10.9 Å². The van der Waals surface area contributed by atoms with Crippen molar-refractivity contribution in [2.75, 3.05) is 13.2 Å². The second-order valence-electron chi connectivity index (χ2n) is 6.37. The largest absolute Gasteiger partial charge is 0.452 e. The van der Waals surface area contributed by atoms with Crippen LogP contribution in [0.1, 0.15) is 22.3 Å². The van der Waals surface area contributed by atoms with Crippen LogP contribution < -0.4 is 5.32 Å². The van der Waals surface area contributed by atoms with Crippen molar-refractivity contribution in [1.29, 1.82) is 5.26 Å². The van der Waals surface area contributed by atoms with Gasteiger partial charge in [0.25, 0.3) is 5.91 Å². The third kappa shape index (κ3) is 5.08. The van der Waals surface area contributed by atoms with Gasteiger partial charge in [-0.3, -0.25) is 4.79 Å². The van der Waals surface area contributed by atoms with Crippen LogP contribution in [0.25, 0.3) is 16.9 Å². The molecule has 7 heteroatoms. The molecule has 0 unspecified atom stereocenters. The molecule has 146 valence electrons. The molecule has 2 aromatic carbocycles. The van der Waals surface area contributed by atoms with Crippen molar-refractivity contribution in [2.45, 2.75) is 13.3 Å². The molecule has 1 amide bonds. The number of ether oxygens (including phenoxy) is 1. The van der Waals surface area contributed by atoms with Gasteiger partial charge in [-0.15, -0.1) is 0 Å². The lowest BCUT2D eigenvalue weighted by molar-refractivity contribution is -0.124. The van der Waals surface area contributed by atoms with Gasteiger partial charge >= 0.3 is 5.97 Å². The second kappa shape index (κ2) is 9.33. The molecule has 3 rings (SSSR count). The molecule has 29 heavy (non-hydrogen) atoms. The highest BCUT2D eigenvalue weighted by Gasteiger charge is 2.20. The monoisotopic (exact) mass is 388 g/mol. The predicted molar refractivity (Wildman–Crippen MR) is 107 cm³/mol. The fourth-order valence-corrected chi connectivity index (χ4v) is 2.68. The lowest BCUT2D eigenvalue weighted by Crippen LogP contribution is -2.29. The fourth-order valence-electron chi connectivity index (χ4n) is 2.68. The molecule has 0 aliphatic rings. The summed E-state index contributed by atoms with van der Waals surface area (Å²) in [6.07, 6.45) is 1.80. The number of nitrogens with zero attached hydrogens (tertiary/aromatic N) is 3. The second-order valence-corrected chi connectivity index (χ2v) is 6.37. The molecule has 1 aromatic heterocycles. The first kappa shape index (κ1) is 19.8. The number of rotatable bonds is 7. The molecule has 0 aliphatic heterocycles. The van der Waals surface area contributed by atoms with Crippen LogP contribution in [0.3, 0.4) is 0 Å². The van der Waals surface area contributed by atoms with E-state index in [1.807, 2.05) is 67.6 Å². The summed E-state index contributed by atoms with van der Waals surface area (Å²) >= 11 is 0. The van der Waals surface area contributed by atoms with Crippen LogP contribution in [0.2, 0.25) is 0 Å². The van der Waals surface area contributed by atoms with Gasteiger partial charge in [-0.25, -0.2) is 9.48 Å². The van der Waals surface area contributed by atoms with E-state index >= 15 is 0 Å². The van der Waals surface area contributed by atoms with Crippen molar-refractivity contribution in [3.8, 4) is 23.0 Å². The van der Waals surface area contributed by atoms with E-state index in [0.717, 1.165) is 16.8 Å². The lowest BCUT2D eigenvalue weighted by atomic mass is 10.1. The Morgan fingerprint density at radius 3 is 2.55 bits per heavy atom. The van der Waals surface area contributed by atoms with Gasteiger partial charge in [-0.2, -0.15) is 10.4 Å². The quantitative estimate of drug-likeness (QED) is 0.496. The van der Waals surface area contributed by atoms with Crippen LogP contribution in [0.15, 0.2) is 60.8 Å². The molecule has 0 atom stereocenters. The fraction of sp³-hybridized carbons (Fsp3) is 0.182. The van der Waals surface area contributed by atoms with Gasteiger partial charge in [0.2, 0.25) is 0 Å². The summed E-state index contributed by atoms with van der Waals surface area (Å²) in [6, 6.07) is 19.0. The highest BCUT2D eigenvalue weighted by Crippen LogP contribution is 2.24. The Balaban J connectivity index is 1.84. The number of amides is 1. The maximum atomic E-state index is 12.7. The Morgan fingerprint density at radius 2 is 1.86 bits per heavy atom. The minimum absolute atomic E-state index is 0.196. The SMILES string of the molecule is Cc1ccc(-n2cc(C(=O)OCC(=O)NCCC#N)c(-c3ccccc3)n2)cc1. The molecule has 0 fully saturated rings. The zero-order valence-electron chi connectivity index (χ0n) is 16.0. The number of carbonyl (C=O) groups excluding carboxylic acids is 2. The van der Waals surface area contributed by atoms with E-state index in [4.69, 9.17) is 10.00 Å². The standard InChI is InChI=1S/C22H20N4O3/c1-16-8-10-18(11-9-16)26-14-19(21(25-26)17-6-3-2-4-7-17)22(28)29-15-20(27)24-13-5-12-23/h2-4,6-11,14H,5,13,15H2,1H3,(H,24,27). The van der Waals surface area contributed by atoms with Crippen molar-refractivity contribution in [2.24, 2.45) is 0 Å². The van der Waals surface area contributed by atoms with Gasteiger partial charge < -0.3 is 10.1 Å². The zero-order chi connectivity index (χ0) is 20.6. The Morgan fingerprint density at radius 1 is 1.14 bits per heavy atom. The molecule has 1 heterocycles. The van der Waals surface area contributed by atoms with Gasteiger partial charge in [0.15, 0.2) is 6.61 Å². The molecule has 0 aliphatic carbocycles. The Labute approximate surface area is 168 Å². The minimum Gasteiger partial charge on any atom is -0.452 e. The highest BCUT2D eigenvalue weighted by molar-refractivity contribution is 5.97. The lowest BCUT2D eigenvalue weighted by Gasteiger charge is -2.05. The first-order valence-corrected chi connectivity index (χ1v) is 9.11. The van der Waals surface area contributed by atoms with E-state index in [2.05, 4.69) is 10.4 Å². The maximum absolute atomic E-state index is 12.7. The highest BCUT2D eigenvalue weighted by atomic mass is 16.5. The summed E-state index contributed by atoms with van der Waals surface area (Å²) in [4.78, 5) is 24.4. The summed E-state index contributed by atoms with van der Waals surface area (Å²) in [5, 5.41) is 15.6. The van der Waals surface area contributed by atoms with Crippen LogP contribution in [-0.2, 0) is 9.53 Å². The van der Waals surface area contributed by atoms with Crippen molar-refractivity contribution in [1.82, 2.24) is 15.1 Å². The molecule has 7 nitrogen and oxygen atoms in total. The van der Waals surface area contributed by atoms with Crippen molar-refractivity contribution in [3.63, 3.8) is 0 Å². The number of esters is 1. The maximum Gasteiger partial charge on any atom is 0.342 e. The van der Waals surface area contributed by atoms with Crippen molar-refractivity contribution >= 4 is 11.9 Å². The van der Waals surface area contributed by atoms with Gasteiger partial charge in [0, 0.05) is 18.3 Å². The summed E-state index contributed by atoms with van der Waals surface area (Å²) in [7, 11) is 0. The molecule has 0 saturated heterocycles. The molecule has 3 aromatic rings. The van der Waals surface area contributed by atoms with Crippen LogP contribution in [-0.4, -0.2) is 34.8 Å². The molecule has 0 spiro atoms. The number of aromatic nitrogens is 2. The minimum atomic E-state index is -0.641. The van der Waals surface area contributed by atoms with Crippen molar-refractivity contribution < 1.29 is 14.3 Å². The van der Waals surface area contributed by atoms with Crippen LogP contribution >= 0.6 is 0 Å². The molecule has 0 saturated carbocycles. The Hall–Kier alpha value is -3.92. The molecule has 0 bridgehead atoms. The molecular formula is C22H20N4O3. The van der Waals surface area contributed by atoms with E-state index in [0.29, 0.717) is 5.69 Å². The van der Waals surface area contributed by atoms with Gasteiger partial charge in [-0.1, -0.05) is 48.0 Å². The molecule has 0 radical (unpaired) electrons.